The molecule has 0 saturated carbocycles. The summed E-state index contributed by atoms with van der Waals surface area (Å²) in [6, 6.07) is 4.69. The van der Waals surface area contributed by atoms with Crippen molar-refractivity contribution in [3.8, 4) is 0 Å². The molecule has 1 atom stereocenters. The van der Waals surface area contributed by atoms with E-state index in [1.807, 2.05) is 6.92 Å². The number of hydrogen-bond donors (Lipinski definition) is 0. The van der Waals surface area contributed by atoms with Gasteiger partial charge >= 0.3 is 0 Å². The van der Waals surface area contributed by atoms with Gasteiger partial charge in [0, 0.05) is 18.1 Å². The Morgan fingerprint density at radius 1 is 1.40 bits per heavy atom. The van der Waals surface area contributed by atoms with Gasteiger partial charge in [0.25, 0.3) is 0 Å². The van der Waals surface area contributed by atoms with Crippen molar-refractivity contribution in [2.45, 2.75) is 44.0 Å². The third-order valence-corrected chi connectivity index (χ3v) is 7.54. The van der Waals surface area contributed by atoms with E-state index >= 15 is 0 Å². The monoisotopic (exact) mass is 384 g/mol. The molecule has 1 aliphatic rings. The first kappa shape index (κ1) is 20.4. The van der Waals surface area contributed by atoms with E-state index in [9.17, 15) is 8.42 Å². The number of nitrogens with zero attached hydrogens (tertiary/aromatic N) is 2. The Morgan fingerprint density at radius 3 is 2.64 bits per heavy atom. The summed E-state index contributed by atoms with van der Waals surface area (Å²) in [7, 11) is -1.89. The summed E-state index contributed by atoms with van der Waals surface area (Å²) < 4.78 is 27.2. The van der Waals surface area contributed by atoms with E-state index in [2.05, 4.69) is 18.4 Å². The molecule has 0 amide bonds. The van der Waals surface area contributed by atoms with Gasteiger partial charge in [-0.05, 0) is 75.5 Å². The van der Waals surface area contributed by atoms with Gasteiger partial charge in [-0.25, -0.2) is 8.42 Å². The first-order valence-electron chi connectivity index (χ1n) is 8.88. The highest BCUT2D eigenvalue weighted by molar-refractivity contribution is 7.89. The Balaban J connectivity index is 2.02. The van der Waals surface area contributed by atoms with Crippen LogP contribution in [-0.2, 0) is 10.0 Å². The zero-order valence-corrected chi connectivity index (χ0v) is 17.0. The summed E-state index contributed by atoms with van der Waals surface area (Å²) in [6.45, 7) is 11.1. The zero-order chi connectivity index (χ0) is 18.6. The molecule has 1 aliphatic heterocycles. The number of hydrogen-bond acceptors (Lipinski definition) is 3. The molecule has 6 heteroatoms. The molecular formula is C19H29ClN2O2S. The van der Waals surface area contributed by atoms with Crippen LogP contribution in [0.25, 0.3) is 6.08 Å². The lowest BCUT2D eigenvalue weighted by Crippen LogP contribution is -2.39. The molecule has 4 nitrogen and oxygen atoms in total. The second kappa shape index (κ2) is 8.67. The molecule has 0 aliphatic carbocycles. The maximum Gasteiger partial charge on any atom is 0.243 e. The predicted octanol–water partition coefficient (Wildman–Crippen LogP) is 4.11. The van der Waals surface area contributed by atoms with Crippen molar-refractivity contribution < 1.29 is 8.42 Å². The molecular weight excluding hydrogens is 356 g/mol. The molecule has 0 spiro atoms. The van der Waals surface area contributed by atoms with E-state index in [0.29, 0.717) is 10.6 Å². The number of sulfonamides is 1. The van der Waals surface area contributed by atoms with Gasteiger partial charge in [-0.2, -0.15) is 4.31 Å². The second-order valence-corrected chi connectivity index (χ2v) is 9.48. The molecule has 0 unspecified atom stereocenters. The Kier molecular flexibility index (Phi) is 7.09. The lowest BCUT2D eigenvalue weighted by Gasteiger charge is -2.32. The van der Waals surface area contributed by atoms with Crippen molar-refractivity contribution in [3.05, 3.63) is 35.4 Å². The number of halogens is 1. The van der Waals surface area contributed by atoms with E-state index in [1.165, 1.54) is 17.1 Å². The van der Waals surface area contributed by atoms with Crippen molar-refractivity contribution in [1.29, 1.82) is 0 Å². The summed E-state index contributed by atoms with van der Waals surface area (Å²) in [5.74, 6) is 0.806. The lowest BCUT2D eigenvalue weighted by atomic mass is 9.99. The van der Waals surface area contributed by atoms with Crippen LogP contribution in [-0.4, -0.2) is 50.3 Å². The summed E-state index contributed by atoms with van der Waals surface area (Å²) >= 11 is 6.05. The Labute approximate surface area is 157 Å². The average molecular weight is 385 g/mol. The number of likely N-dealkylation sites (tertiary alicyclic amines) is 1. The highest BCUT2D eigenvalue weighted by atomic mass is 35.5. The molecule has 1 heterocycles. The molecule has 1 aromatic rings. The molecule has 2 rings (SSSR count). The van der Waals surface area contributed by atoms with Crippen LogP contribution in [0.2, 0.25) is 5.02 Å². The number of piperidine rings is 1. The Bertz CT molecular complexity index is 697. The van der Waals surface area contributed by atoms with Gasteiger partial charge in [0.1, 0.15) is 0 Å². The van der Waals surface area contributed by atoms with E-state index in [-0.39, 0.29) is 10.9 Å². The Morgan fingerprint density at radius 2 is 2.04 bits per heavy atom. The minimum absolute atomic E-state index is 0.0628. The minimum Gasteiger partial charge on any atom is -0.303 e. The van der Waals surface area contributed by atoms with Crippen molar-refractivity contribution in [1.82, 2.24) is 9.21 Å². The molecule has 140 valence electrons. The van der Waals surface area contributed by atoms with Crippen LogP contribution < -0.4 is 0 Å². The predicted molar refractivity (Wildman–Crippen MR) is 105 cm³/mol. The van der Waals surface area contributed by atoms with Crippen molar-refractivity contribution in [2.75, 3.05) is 26.7 Å². The average Bonchev–Trinajstić information content (AvgIpc) is 2.60. The summed E-state index contributed by atoms with van der Waals surface area (Å²) in [5, 5.41) is 0.504. The smallest absolute Gasteiger partial charge is 0.243 e. The van der Waals surface area contributed by atoms with Crippen molar-refractivity contribution in [2.24, 2.45) is 5.92 Å². The Hall–Kier alpha value is -0.880. The number of benzene rings is 1. The van der Waals surface area contributed by atoms with Gasteiger partial charge in [0.05, 0.1) is 4.90 Å². The molecule has 1 saturated heterocycles. The summed E-state index contributed by atoms with van der Waals surface area (Å²) in [5.41, 5.74) is 0.631. The van der Waals surface area contributed by atoms with Gasteiger partial charge < -0.3 is 4.90 Å². The van der Waals surface area contributed by atoms with Gasteiger partial charge in [0.15, 0.2) is 0 Å². The fraction of sp³-hybridized carbons (Fsp3) is 0.579. The maximum absolute atomic E-state index is 12.9. The SMILES string of the molecule is C=Cc1cc(S(=O)(=O)N(C)[C@H](C)CCN2CCC(C)CC2)ccc1Cl. The van der Waals surface area contributed by atoms with E-state index < -0.39 is 10.0 Å². The third kappa shape index (κ3) is 5.07. The van der Waals surface area contributed by atoms with Gasteiger partial charge in [-0.15, -0.1) is 0 Å². The largest absolute Gasteiger partial charge is 0.303 e. The molecule has 0 radical (unpaired) electrons. The summed E-state index contributed by atoms with van der Waals surface area (Å²) in [4.78, 5) is 2.70. The normalized spacial score (nSPS) is 18.4. The quantitative estimate of drug-likeness (QED) is 0.710. The van der Waals surface area contributed by atoms with E-state index in [0.717, 1.165) is 32.0 Å². The van der Waals surface area contributed by atoms with Crippen molar-refractivity contribution >= 4 is 27.7 Å². The van der Waals surface area contributed by atoms with Crippen LogP contribution in [0.1, 0.15) is 38.7 Å². The molecule has 0 N–H and O–H groups in total. The van der Waals surface area contributed by atoms with Gasteiger partial charge in [-0.1, -0.05) is 31.2 Å². The van der Waals surface area contributed by atoms with Crippen LogP contribution >= 0.6 is 11.6 Å². The van der Waals surface area contributed by atoms with Gasteiger partial charge in [0.2, 0.25) is 10.0 Å². The first-order chi connectivity index (χ1) is 11.8. The molecule has 1 fully saturated rings. The van der Waals surface area contributed by atoms with E-state index in [1.54, 1.807) is 31.3 Å². The van der Waals surface area contributed by atoms with Crippen LogP contribution in [0.3, 0.4) is 0 Å². The fourth-order valence-electron chi connectivity index (χ4n) is 3.08. The van der Waals surface area contributed by atoms with Crippen LogP contribution in [0.15, 0.2) is 29.7 Å². The second-order valence-electron chi connectivity index (χ2n) is 7.07. The van der Waals surface area contributed by atoms with Crippen LogP contribution in [0.4, 0.5) is 0 Å². The summed E-state index contributed by atoms with van der Waals surface area (Å²) in [6.07, 6.45) is 4.86. The lowest BCUT2D eigenvalue weighted by molar-refractivity contribution is 0.179. The third-order valence-electron chi connectivity index (χ3n) is 5.22. The minimum atomic E-state index is -3.54. The highest BCUT2D eigenvalue weighted by Gasteiger charge is 2.26. The standard InChI is InChI=1S/C19H29ClN2O2S/c1-5-17-14-18(6-7-19(17)20)25(23,24)21(4)16(3)10-13-22-11-8-15(2)9-12-22/h5-7,14-16H,1,8-13H2,2-4H3/t16-/m1/s1. The molecule has 0 bridgehead atoms. The first-order valence-corrected chi connectivity index (χ1v) is 10.7. The fourth-order valence-corrected chi connectivity index (χ4v) is 4.70. The van der Waals surface area contributed by atoms with E-state index in [4.69, 9.17) is 11.6 Å². The topological polar surface area (TPSA) is 40.6 Å². The van der Waals surface area contributed by atoms with Crippen LogP contribution in [0.5, 0.6) is 0 Å². The maximum atomic E-state index is 12.9. The highest BCUT2D eigenvalue weighted by Crippen LogP contribution is 2.25. The zero-order valence-electron chi connectivity index (χ0n) is 15.4. The van der Waals surface area contributed by atoms with Gasteiger partial charge in [-0.3, -0.25) is 0 Å². The number of rotatable bonds is 7. The van der Waals surface area contributed by atoms with Crippen LogP contribution in [0, 0.1) is 5.92 Å². The molecule has 0 aromatic heterocycles. The van der Waals surface area contributed by atoms with Crippen molar-refractivity contribution in [3.63, 3.8) is 0 Å². The molecule has 1 aromatic carbocycles. The molecule has 25 heavy (non-hydrogen) atoms.